The zero-order chi connectivity index (χ0) is 42.6. The van der Waals surface area contributed by atoms with Crippen LogP contribution < -0.4 is 0 Å². The predicted octanol–water partition coefficient (Wildman–Crippen LogP) is 15.8. The highest BCUT2D eigenvalue weighted by molar-refractivity contribution is 6.16. The van der Waals surface area contributed by atoms with Crippen LogP contribution in [0, 0.1) is 0 Å². The van der Waals surface area contributed by atoms with Crippen LogP contribution in [0.2, 0.25) is 0 Å². The van der Waals surface area contributed by atoms with Crippen molar-refractivity contribution < 1.29 is 0 Å². The molecule has 0 radical (unpaired) electrons. The highest BCUT2D eigenvalue weighted by Gasteiger charge is 2.40. The van der Waals surface area contributed by atoms with Crippen LogP contribution in [0.3, 0.4) is 0 Å². The zero-order valence-corrected chi connectivity index (χ0v) is 35.4. The van der Waals surface area contributed by atoms with Crippen LogP contribution in [0.5, 0.6) is 0 Å². The number of fused-ring (bicyclic) bond motifs is 7. The Labute approximate surface area is 373 Å². The maximum absolute atomic E-state index is 4.88. The Bertz CT molecular complexity index is 3620. The fraction of sp³-hybridized carbons (Fsp3) is 0.0323. The maximum atomic E-state index is 4.88. The second kappa shape index (κ2) is 15.3. The molecule has 2 heterocycles. The Balaban J connectivity index is 1.13. The molecule has 1 atom stereocenters. The van der Waals surface area contributed by atoms with E-state index in [2.05, 4.69) is 252 Å². The van der Waals surface area contributed by atoms with E-state index in [1.807, 2.05) is 0 Å². The lowest BCUT2D eigenvalue weighted by molar-refractivity contribution is 0.738. The van der Waals surface area contributed by atoms with E-state index in [1.165, 1.54) is 77.1 Å². The van der Waals surface area contributed by atoms with Gasteiger partial charge in [-0.25, -0.2) is 0 Å². The molecule has 2 aromatic heterocycles. The Kier molecular flexibility index (Phi) is 8.98. The fourth-order valence-electron chi connectivity index (χ4n) is 10.6. The summed E-state index contributed by atoms with van der Waals surface area (Å²) in [5.41, 5.74) is 17.1. The largest absolute Gasteiger partial charge is 0.309 e. The standard InChI is InChI=1S/C62H44N2/c1-43-19-6-2-9-22-46-23-14-16-31-57(46)62(43,48-24-10-4-11-25-48)49-36-40-60-56(42-49)55-41-47(35-39-59(55)63(60)50-26-12-5-13-27-50)52-29-18-30-54-53-28-15-17-32-58(53)64(61(52)54)51-37-33-45(34-38-51)44-20-7-3-8-21-44/h2-21,23-42H,1,22H2/b9-2-,19-6-. The van der Waals surface area contributed by atoms with Crippen molar-refractivity contribution >= 4 is 43.6 Å². The summed E-state index contributed by atoms with van der Waals surface area (Å²) in [4.78, 5) is 0. The number of allylic oxidation sites excluding steroid dienone is 5. The molecule has 0 saturated heterocycles. The SMILES string of the molecule is C=C1/C=C\C=C/Cc2ccccc2C1(c1ccccc1)c1ccc2c(c1)c1cc(-c3cccc4c5ccccc5n(-c5ccc(-c6ccccc6)cc5)c34)ccc1n2-c1ccccc1. The summed E-state index contributed by atoms with van der Waals surface area (Å²) in [6, 6.07) is 80.1. The molecular formula is C62H44N2. The lowest BCUT2D eigenvalue weighted by atomic mass is 9.63. The van der Waals surface area contributed by atoms with E-state index in [-0.39, 0.29) is 0 Å². The molecule has 11 aromatic rings. The van der Waals surface area contributed by atoms with Gasteiger partial charge in [-0.2, -0.15) is 0 Å². The third kappa shape index (κ3) is 5.87. The molecule has 2 heteroatoms. The first-order chi connectivity index (χ1) is 31.7. The second-order valence-electron chi connectivity index (χ2n) is 16.9. The highest BCUT2D eigenvalue weighted by Crippen LogP contribution is 2.49. The lowest BCUT2D eigenvalue weighted by Gasteiger charge is -2.38. The summed E-state index contributed by atoms with van der Waals surface area (Å²) in [6.07, 6.45) is 9.59. The first-order valence-electron chi connectivity index (χ1n) is 22.2. The molecule has 1 aliphatic carbocycles. The zero-order valence-electron chi connectivity index (χ0n) is 35.4. The molecule has 302 valence electrons. The van der Waals surface area contributed by atoms with Gasteiger partial charge in [-0.3, -0.25) is 0 Å². The molecule has 64 heavy (non-hydrogen) atoms. The predicted molar refractivity (Wildman–Crippen MR) is 270 cm³/mol. The van der Waals surface area contributed by atoms with Gasteiger partial charge in [-0.05, 0) is 106 Å². The average molecular weight is 817 g/mol. The molecule has 12 rings (SSSR count). The van der Waals surface area contributed by atoms with E-state index < -0.39 is 5.41 Å². The fourth-order valence-corrected chi connectivity index (χ4v) is 10.6. The first-order valence-corrected chi connectivity index (χ1v) is 22.2. The summed E-state index contributed by atoms with van der Waals surface area (Å²) in [5, 5.41) is 4.88. The van der Waals surface area contributed by atoms with Crippen LogP contribution in [-0.2, 0) is 11.8 Å². The van der Waals surface area contributed by atoms with Crippen molar-refractivity contribution in [3.63, 3.8) is 0 Å². The van der Waals surface area contributed by atoms with Crippen molar-refractivity contribution in [2.75, 3.05) is 0 Å². The lowest BCUT2D eigenvalue weighted by Crippen LogP contribution is -2.32. The van der Waals surface area contributed by atoms with Crippen molar-refractivity contribution in [2.45, 2.75) is 11.8 Å². The summed E-state index contributed by atoms with van der Waals surface area (Å²) in [7, 11) is 0. The average Bonchev–Trinajstić information content (AvgIpc) is 3.89. The number of benzene rings is 9. The molecule has 1 aliphatic rings. The molecular weight excluding hydrogens is 773 g/mol. The van der Waals surface area contributed by atoms with Crippen molar-refractivity contribution in [3.8, 4) is 33.6 Å². The number of hydrogen-bond donors (Lipinski definition) is 0. The van der Waals surface area contributed by atoms with Crippen LogP contribution >= 0.6 is 0 Å². The van der Waals surface area contributed by atoms with Gasteiger partial charge in [0.2, 0.25) is 0 Å². The molecule has 0 amide bonds. The van der Waals surface area contributed by atoms with Gasteiger partial charge in [-0.15, -0.1) is 0 Å². The molecule has 0 aliphatic heterocycles. The second-order valence-corrected chi connectivity index (χ2v) is 16.9. The molecule has 9 aromatic carbocycles. The van der Waals surface area contributed by atoms with Crippen LogP contribution in [0.25, 0.3) is 77.2 Å². The van der Waals surface area contributed by atoms with Crippen LogP contribution in [0.15, 0.2) is 255 Å². The smallest absolute Gasteiger partial charge is 0.0698 e. The highest BCUT2D eigenvalue weighted by atomic mass is 15.0. The van der Waals surface area contributed by atoms with Crippen LogP contribution in [-0.4, -0.2) is 9.13 Å². The summed E-state index contributed by atoms with van der Waals surface area (Å²) in [5.74, 6) is 0. The van der Waals surface area contributed by atoms with Gasteiger partial charge >= 0.3 is 0 Å². The van der Waals surface area contributed by atoms with Crippen molar-refractivity contribution in [1.82, 2.24) is 9.13 Å². The summed E-state index contributed by atoms with van der Waals surface area (Å²) >= 11 is 0. The van der Waals surface area contributed by atoms with Crippen molar-refractivity contribution in [1.29, 1.82) is 0 Å². The Hall–Kier alpha value is -8.20. The number of rotatable bonds is 6. The Morgan fingerprint density at radius 1 is 0.406 bits per heavy atom. The van der Waals surface area contributed by atoms with Crippen molar-refractivity contribution in [3.05, 3.63) is 277 Å². The van der Waals surface area contributed by atoms with E-state index in [0.717, 1.165) is 34.4 Å². The quantitative estimate of drug-likeness (QED) is 0.158. The minimum atomic E-state index is -0.643. The number of aromatic nitrogens is 2. The minimum absolute atomic E-state index is 0.643. The van der Waals surface area contributed by atoms with E-state index in [9.17, 15) is 0 Å². The van der Waals surface area contributed by atoms with Gasteiger partial charge in [0.1, 0.15) is 0 Å². The Morgan fingerprint density at radius 3 is 1.83 bits per heavy atom. The van der Waals surface area contributed by atoms with Crippen LogP contribution in [0.4, 0.5) is 0 Å². The molecule has 0 saturated carbocycles. The third-order valence-corrected chi connectivity index (χ3v) is 13.4. The molecule has 0 N–H and O–H groups in total. The van der Waals surface area contributed by atoms with Gasteiger partial charge in [0, 0.05) is 38.5 Å². The third-order valence-electron chi connectivity index (χ3n) is 13.4. The summed E-state index contributed by atoms with van der Waals surface area (Å²) in [6.45, 7) is 4.88. The minimum Gasteiger partial charge on any atom is -0.309 e. The molecule has 1 unspecified atom stereocenters. The van der Waals surface area contributed by atoms with E-state index in [1.54, 1.807) is 0 Å². The monoisotopic (exact) mass is 816 g/mol. The van der Waals surface area contributed by atoms with Gasteiger partial charge in [0.05, 0.1) is 27.5 Å². The first kappa shape index (κ1) is 37.6. The molecule has 0 bridgehead atoms. The van der Waals surface area contributed by atoms with Crippen molar-refractivity contribution in [2.24, 2.45) is 0 Å². The van der Waals surface area contributed by atoms with Gasteiger partial charge in [-0.1, -0.05) is 195 Å². The van der Waals surface area contributed by atoms with Crippen LogP contribution in [0.1, 0.15) is 22.3 Å². The van der Waals surface area contributed by atoms with E-state index in [4.69, 9.17) is 6.58 Å². The van der Waals surface area contributed by atoms with Gasteiger partial charge < -0.3 is 9.13 Å². The van der Waals surface area contributed by atoms with E-state index in [0.29, 0.717) is 0 Å². The number of hydrogen-bond acceptors (Lipinski definition) is 0. The van der Waals surface area contributed by atoms with Gasteiger partial charge in [0.15, 0.2) is 0 Å². The number of nitrogens with zero attached hydrogens (tertiary/aromatic N) is 2. The number of para-hydroxylation sites is 3. The van der Waals surface area contributed by atoms with Gasteiger partial charge in [0.25, 0.3) is 0 Å². The topological polar surface area (TPSA) is 9.86 Å². The molecule has 0 spiro atoms. The maximum Gasteiger partial charge on any atom is 0.0698 e. The molecule has 0 fully saturated rings. The Morgan fingerprint density at radius 2 is 1.02 bits per heavy atom. The summed E-state index contributed by atoms with van der Waals surface area (Å²) < 4.78 is 4.88. The normalized spacial score (nSPS) is 16.1. The van der Waals surface area contributed by atoms with E-state index >= 15 is 0 Å². The molecule has 2 nitrogen and oxygen atoms in total.